The maximum absolute atomic E-state index is 11.5. The first-order valence-corrected chi connectivity index (χ1v) is 5.48. The van der Waals surface area contributed by atoms with Gasteiger partial charge in [-0.25, -0.2) is 9.59 Å². The van der Waals surface area contributed by atoms with E-state index < -0.39 is 5.97 Å². The van der Waals surface area contributed by atoms with Crippen molar-refractivity contribution in [3.8, 4) is 0 Å². The van der Waals surface area contributed by atoms with E-state index in [9.17, 15) is 9.59 Å². The third kappa shape index (κ3) is 1.73. The fourth-order valence-corrected chi connectivity index (χ4v) is 1.89. The van der Waals surface area contributed by atoms with Crippen molar-refractivity contribution >= 4 is 5.97 Å². The summed E-state index contributed by atoms with van der Waals surface area (Å²) in [5.41, 5.74) is 0.286. The third-order valence-corrected chi connectivity index (χ3v) is 3.09. The Labute approximate surface area is 92.7 Å². The van der Waals surface area contributed by atoms with E-state index in [1.807, 2.05) is 0 Å². The standard InChI is InChI=1S/C11H14N2O3/c1-2-13-6-8(10(14)15)9(12-11(13)16)7-4-3-5-7/h6-7H,2-5H2,1H3,(H,14,15). The van der Waals surface area contributed by atoms with Gasteiger partial charge >= 0.3 is 11.7 Å². The van der Waals surface area contributed by atoms with Crippen LogP contribution in [0.15, 0.2) is 11.0 Å². The van der Waals surface area contributed by atoms with Crippen LogP contribution in [0.25, 0.3) is 0 Å². The summed E-state index contributed by atoms with van der Waals surface area (Å²) in [7, 11) is 0. The predicted octanol–water partition coefficient (Wildman–Crippen LogP) is 1.23. The molecule has 0 unspecified atom stereocenters. The number of aromatic nitrogens is 2. The molecule has 5 heteroatoms. The molecule has 0 saturated heterocycles. The van der Waals surface area contributed by atoms with Crippen LogP contribution < -0.4 is 5.69 Å². The van der Waals surface area contributed by atoms with Crippen LogP contribution in [0.3, 0.4) is 0 Å². The summed E-state index contributed by atoms with van der Waals surface area (Å²) >= 11 is 0. The highest BCUT2D eigenvalue weighted by molar-refractivity contribution is 5.88. The molecule has 2 rings (SSSR count). The van der Waals surface area contributed by atoms with Gasteiger partial charge in [0.15, 0.2) is 0 Å². The van der Waals surface area contributed by atoms with E-state index in [0.717, 1.165) is 19.3 Å². The lowest BCUT2D eigenvalue weighted by Gasteiger charge is -2.25. The zero-order chi connectivity index (χ0) is 11.7. The van der Waals surface area contributed by atoms with Crippen molar-refractivity contribution in [3.63, 3.8) is 0 Å². The minimum absolute atomic E-state index is 0.158. The van der Waals surface area contributed by atoms with Crippen LogP contribution >= 0.6 is 0 Å². The topological polar surface area (TPSA) is 72.2 Å². The van der Waals surface area contributed by atoms with Crippen molar-refractivity contribution in [1.82, 2.24) is 9.55 Å². The van der Waals surface area contributed by atoms with Crippen LogP contribution in [-0.4, -0.2) is 20.6 Å². The molecule has 1 aromatic rings. The third-order valence-electron chi connectivity index (χ3n) is 3.09. The molecular formula is C11H14N2O3. The lowest BCUT2D eigenvalue weighted by Crippen LogP contribution is -2.28. The fraction of sp³-hybridized carbons (Fsp3) is 0.545. The van der Waals surface area contributed by atoms with E-state index in [4.69, 9.17) is 5.11 Å². The van der Waals surface area contributed by atoms with Crippen molar-refractivity contribution in [3.05, 3.63) is 27.9 Å². The Morgan fingerprint density at radius 2 is 2.31 bits per heavy atom. The average molecular weight is 222 g/mol. The highest BCUT2D eigenvalue weighted by Gasteiger charge is 2.27. The Bertz CT molecular complexity index is 475. The maximum atomic E-state index is 11.5. The van der Waals surface area contributed by atoms with Crippen molar-refractivity contribution in [2.24, 2.45) is 0 Å². The summed E-state index contributed by atoms with van der Waals surface area (Å²) in [6.45, 7) is 2.23. The Balaban J connectivity index is 2.53. The number of aryl methyl sites for hydroxylation is 1. The summed E-state index contributed by atoms with van der Waals surface area (Å²) < 4.78 is 1.33. The highest BCUT2D eigenvalue weighted by Crippen LogP contribution is 2.36. The average Bonchev–Trinajstić information content (AvgIpc) is 2.14. The number of rotatable bonds is 3. The second kappa shape index (κ2) is 4.08. The van der Waals surface area contributed by atoms with E-state index in [2.05, 4.69) is 4.98 Å². The molecule has 1 aliphatic rings. The number of carboxylic acid groups (broad SMARTS) is 1. The predicted molar refractivity (Wildman–Crippen MR) is 57.7 cm³/mol. The van der Waals surface area contributed by atoms with Gasteiger partial charge in [-0.3, -0.25) is 4.57 Å². The van der Waals surface area contributed by atoms with Crippen LogP contribution in [0.4, 0.5) is 0 Å². The van der Waals surface area contributed by atoms with E-state index >= 15 is 0 Å². The van der Waals surface area contributed by atoms with Crippen LogP contribution in [0.2, 0.25) is 0 Å². The normalized spacial score (nSPS) is 15.8. The fourth-order valence-electron chi connectivity index (χ4n) is 1.89. The molecule has 1 N–H and O–H groups in total. The summed E-state index contributed by atoms with van der Waals surface area (Å²) in [5, 5.41) is 9.09. The smallest absolute Gasteiger partial charge is 0.347 e. The SMILES string of the molecule is CCn1cc(C(=O)O)c(C2CCC2)nc1=O. The summed E-state index contributed by atoms with van der Waals surface area (Å²) in [6, 6.07) is 0. The molecule has 1 saturated carbocycles. The quantitative estimate of drug-likeness (QED) is 0.834. The van der Waals surface area contributed by atoms with Gasteiger partial charge in [0, 0.05) is 18.7 Å². The molecule has 1 heterocycles. The van der Waals surface area contributed by atoms with Crippen molar-refractivity contribution in [2.45, 2.75) is 38.6 Å². The monoisotopic (exact) mass is 222 g/mol. The summed E-state index contributed by atoms with van der Waals surface area (Å²) in [5.74, 6) is -0.845. The molecule has 0 amide bonds. The van der Waals surface area contributed by atoms with Gasteiger partial charge in [0.05, 0.1) is 11.3 Å². The van der Waals surface area contributed by atoms with E-state index in [1.54, 1.807) is 6.92 Å². The Kier molecular flexibility index (Phi) is 2.77. The molecule has 1 aliphatic carbocycles. The largest absolute Gasteiger partial charge is 0.478 e. The van der Waals surface area contributed by atoms with Gasteiger partial charge in [0.2, 0.25) is 0 Å². The summed E-state index contributed by atoms with van der Waals surface area (Å²) in [4.78, 5) is 26.6. The molecule has 1 aromatic heterocycles. The number of carbonyl (C=O) groups is 1. The first-order chi connectivity index (χ1) is 7.63. The van der Waals surface area contributed by atoms with Crippen LogP contribution in [-0.2, 0) is 6.54 Å². The first kappa shape index (κ1) is 10.9. The second-order valence-electron chi connectivity index (χ2n) is 4.04. The lowest BCUT2D eigenvalue weighted by atomic mass is 9.81. The van der Waals surface area contributed by atoms with Crippen molar-refractivity contribution in [2.75, 3.05) is 0 Å². The number of carboxylic acids is 1. The summed E-state index contributed by atoms with van der Waals surface area (Å²) in [6.07, 6.45) is 4.36. The molecule has 16 heavy (non-hydrogen) atoms. The molecule has 5 nitrogen and oxygen atoms in total. The van der Waals surface area contributed by atoms with Gasteiger partial charge in [-0.15, -0.1) is 0 Å². The molecule has 0 spiro atoms. The van der Waals surface area contributed by atoms with E-state index in [1.165, 1.54) is 10.8 Å². The molecule has 0 radical (unpaired) electrons. The van der Waals surface area contributed by atoms with Crippen LogP contribution in [0.5, 0.6) is 0 Å². The van der Waals surface area contributed by atoms with Crippen LogP contribution in [0.1, 0.15) is 48.2 Å². The highest BCUT2D eigenvalue weighted by atomic mass is 16.4. The first-order valence-electron chi connectivity index (χ1n) is 5.48. The zero-order valence-electron chi connectivity index (χ0n) is 9.14. The van der Waals surface area contributed by atoms with Crippen molar-refractivity contribution in [1.29, 1.82) is 0 Å². The number of nitrogens with zero attached hydrogens (tertiary/aromatic N) is 2. The molecule has 0 aliphatic heterocycles. The molecule has 1 fully saturated rings. The maximum Gasteiger partial charge on any atom is 0.347 e. The van der Waals surface area contributed by atoms with Crippen LogP contribution in [0, 0.1) is 0 Å². The van der Waals surface area contributed by atoms with Gasteiger partial charge in [-0.05, 0) is 19.8 Å². The Morgan fingerprint density at radius 1 is 1.62 bits per heavy atom. The van der Waals surface area contributed by atoms with Gasteiger partial charge < -0.3 is 5.11 Å². The lowest BCUT2D eigenvalue weighted by molar-refractivity contribution is 0.0692. The second-order valence-corrected chi connectivity index (χ2v) is 4.04. The molecule has 86 valence electrons. The Morgan fingerprint density at radius 3 is 2.75 bits per heavy atom. The molecule has 0 bridgehead atoms. The van der Waals surface area contributed by atoms with Crippen molar-refractivity contribution < 1.29 is 9.90 Å². The van der Waals surface area contributed by atoms with Gasteiger partial charge in [-0.1, -0.05) is 6.42 Å². The van der Waals surface area contributed by atoms with Gasteiger partial charge in [0.25, 0.3) is 0 Å². The number of hydrogen-bond acceptors (Lipinski definition) is 3. The minimum Gasteiger partial charge on any atom is -0.478 e. The van der Waals surface area contributed by atoms with Gasteiger partial charge in [-0.2, -0.15) is 4.98 Å². The minimum atomic E-state index is -1.00. The zero-order valence-corrected chi connectivity index (χ0v) is 9.14. The van der Waals surface area contributed by atoms with E-state index in [-0.39, 0.29) is 17.2 Å². The molecular weight excluding hydrogens is 208 g/mol. The Hall–Kier alpha value is -1.65. The van der Waals surface area contributed by atoms with Gasteiger partial charge in [0.1, 0.15) is 0 Å². The number of aromatic carboxylic acids is 1. The molecule has 0 atom stereocenters. The van der Waals surface area contributed by atoms with E-state index in [0.29, 0.717) is 12.2 Å². The molecule has 0 aromatic carbocycles. The number of hydrogen-bond donors (Lipinski definition) is 1.